The van der Waals surface area contributed by atoms with Gasteiger partial charge in [-0.15, -0.1) is 0 Å². The van der Waals surface area contributed by atoms with E-state index in [1.54, 1.807) is 16.9 Å². The summed E-state index contributed by atoms with van der Waals surface area (Å²) in [6, 6.07) is 11.9. The lowest BCUT2D eigenvalue weighted by Gasteiger charge is -2.23. The molecule has 1 atom stereocenters. The Morgan fingerprint density at radius 3 is 3.00 bits per heavy atom. The molecule has 0 unspecified atom stereocenters. The molecule has 12 nitrogen and oxygen atoms in total. The number of pyridine rings is 1. The van der Waals surface area contributed by atoms with Gasteiger partial charge in [-0.2, -0.15) is 10.2 Å². The lowest BCUT2D eigenvalue weighted by atomic mass is 10.2. The molecule has 0 saturated carbocycles. The van der Waals surface area contributed by atoms with Crippen LogP contribution in [-0.4, -0.2) is 67.9 Å². The maximum absolute atomic E-state index is 12.5. The second-order valence-electron chi connectivity index (χ2n) is 9.25. The third-order valence-electron chi connectivity index (χ3n) is 6.63. The van der Waals surface area contributed by atoms with Gasteiger partial charge in [0.15, 0.2) is 5.82 Å². The number of nitrogens with one attached hydrogen (secondary N) is 3. The van der Waals surface area contributed by atoms with E-state index in [1.165, 1.54) is 6.33 Å². The molecule has 6 rings (SSSR count). The summed E-state index contributed by atoms with van der Waals surface area (Å²) in [5.74, 6) is 0.632. The van der Waals surface area contributed by atoms with E-state index in [1.807, 2.05) is 54.2 Å². The SMILES string of the molecule is CCc1c(NC(=O)OC[C@@H]2COCCN2)cn2ncnc(Nc3ccc4c(cnn4Cc4ccccn4)c3)c12. The second kappa shape index (κ2) is 11.1. The van der Waals surface area contributed by atoms with Gasteiger partial charge >= 0.3 is 6.09 Å². The van der Waals surface area contributed by atoms with Crippen molar-refractivity contribution in [2.24, 2.45) is 0 Å². The van der Waals surface area contributed by atoms with Gasteiger partial charge < -0.3 is 20.1 Å². The number of amides is 1. The van der Waals surface area contributed by atoms with Crippen molar-refractivity contribution in [2.75, 3.05) is 37.0 Å². The Morgan fingerprint density at radius 1 is 1.23 bits per heavy atom. The minimum Gasteiger partial charge on any atom is -0.448 e. The number of fused-ring (bicyclic) bond motifs is 2. The number of aromatic nitrogens is 6. The van der Waals surface area contributed by atoms with Crippen LogP contribution in [0.25, 0.3) is 16.4 Å². The highest BCUT2D eigenvalue weighted by Crippen LogP contribution is 2.30. The first kappa shape index (κ1) is 24.8. The Hall–Kier alpha value is -4.55. The largest absolute Gasteiger partial charge is 0.448 e. The summed E-state index contributed by atoms with van der Waals surface area (Å²) in [5, 5.41) is 19.5. The standard InChI is InChI=1S/C27H29N9O3/c1-2-22-23(34-27(37)39-16-21-15-38-10-9-29-21)14-36-25(22)26(30-17-32-36)33-19-6-7-24-18(11-19)12-31-35(24)13-20-5-3-4-8-28-20/h3-8,11-12,14,17,21,29H,2,9-10,13,15-16H2,1H3,(H,34,37)(H,30,32,33)/t21-/m0/s1. The predicted octanol–water partition coefficient (Wildman–Crippen LogP) is 3.37. The number of anilines is 3. The monoisotopic (exact) mass is 527 g/mol. The van der Waals surface area contributed by atoms with E-state index < -0.39 is 6.09 Å². The molecule has 200 valence electrons. The zero-order valence-electron chi connectivity index (χ0n) is 21.5. The number of ether oxygens (including phenoxy) is 2. The first-order chi connectivity index (χ1) is 19.2. The van der Waals surface area contributed by atoms with E-state index in [2.05, 4.69) is 36.1 Å². The van der Waals surface area contributed by atoms with Gasteiger partial charge in [0.2, 0.25) is 0 Å². The van der Waals surface area contributed by atoms with Crippen molar-refractivity contribution in [3.63, 3.8) is 0 Å². The van der Waals surface area contributed by atoms with Crippen molar-refractivity contribution in [3.05, 3.63) is 72.6 Å². The van der Waals surface area contributed by atoms with Crippen LogP contribution in [0.5, 0.6) is 0 Å². The first-order valence-corrected chi connectivity index (χ1v) is 12.9. The highest BCUT2D eigenvalue weighted by Gasteiger charge is 2.19. The molecule has 0 bridgehead atoms. The number of carbonyl (C=O) groups is 1. The van der Waals surface area contributed by atoms with Crippen LogP contribution in [0.1, 0.15) is 18.2 Å². The predicted molar refractivity (Wildman–Crippen MR) is 146 cm³/mol. The minimum atomic E-state index is -0.524. The Bertz CT molecular complexity index is 1590. The molecule has 1 aliphatic rings. The average Bonchev–Trinajstić information content (AvgIpc) is 3.53. The molecule has 5 heterocycles. The van der Waals surface area contributed by atoms with Crippen LogP contribution in [0.2, 0.25) is 0 Å². The molecule has 39 heavy (non-hydrogen) atoms. The number of carbonyl (C=O) groups excluding carboxylic acids is 1. The van der Waals surface area contributed by atoms with E-state index in [0.29, 0.717) is 37.7 Å². The van der Waals surface area contributed by atoms with E-state index in [0.717, 1.165) is 39.9 Å². The third kappa shape index (κ3) is 5.38. The Morgan fingerprint density at radius 2 is 2.18 bits per heavy atom. The highest BCUT2D eigenvalue weighted by atomic mass is 16.6. The summed E-state index contributed by atoms with van der Waals surface area (Å²) in [6.07, 6.45) is 7.02. The number of morpholine rings is 1. The van der Waals surface area contributed by atoms with Crippen LogP contribution < -0.4 is 16.0 Å². The smallest absolute Gasteiger partial charge is 0.411 e. The summed E-state index contributed by atoms with van der Waals surface area (Å²) in [7, 11) is 0. The van der Waals surface area contributed by atoms with Gasteiger partial charge in [0.05, 0.1) is 55.1 Å². The van der Waals surface area contributed by atoms with Crippen molar-refractivity contribution >= 4 is 39.7 Å². The van der Waals surface area contributed by atoms with Crippen LogP contribution in [0.15, 0.2) is 61.3 Å². The molecule has 1 aliphatic heterocycles. The molecule has 4 aromatic heterocycles. The number of rotatable bonds is 8. The maximum atomic E-state index is 12.5. The maximum Gasteiger partial charge on any atom is 0.411 e. The topological polar surface area (TPSA) is 133 Å². The Labute approximate surface area is 224 Å². The van der Waals surface area contributed by atoms with Gasteiger partial charge in [-0.25, -0.2) is 14.3 Å². The van der Waals surface area contributed by atoms with E-state index in [4.69, 9.17) is 9.47 Å². The number of aryl methyl sites for hydroxylation is 1. The third-order valence-corrected chi connectivity index (χ3v) is 6.63. The molecule has 12 heteroatoms. The molecule has 0 radical (unpaired) electrons. The fraction of sp³-hybridized carbons (Fsp3) is 0.296. The van der Waals surface area contributed by atoms with Crippen molar-refractivity contribution < 1.29 is 14.3 Å². The Balaban J connectivity index is 1.20. The van der Waals surface area contributed by atoms with E-state index in [-0.39, 0.29) is 12.6 Å². The van der Waals surface area contributed by atoms with E-state index >= 15 is 0 Å². The zero-order valence-corrected chi connectivity index (χ0v) is 21.5. The second-order valence-corrected chi connectivity index (χ2v) is 9.25. The summed E-state index contributed by atoms with van der Waals surface area (Å²) < 4.78 is 14.5. The van der Waals surface area contributed by atoms with Gasteiger partial charge in [-0.05, 0) is 36.8 Å². The van der Waals surface area contributed by atoms with Crippen molar-refractivity contribution in [3.8, 4) is 0 Å². The summed E-state index contributed by atoms with van der Waals surface area (Å²) in [4.78, 5) is 21.4. The quantitative estimate of drug-likeness (QED) is 0.278. The van der Waals surface area contributed by atoms with Gasteiger partial charge in [0, 0.05) is 29.4 Å². The number of hydrogen-bond donors (Lipinski definition) is 3. The molecule has 1 saturated heterocycles. The summed E-state index contributed by atoms with van der Waals surface area (Å²) in [6.45, 7) is 4.78. The molecular weight excluding hydrogens is 498 g/mol. The zero-order chi connectivity index (χ0) is 26.6. The van der Waals surface area contributed by atoms with Gasteiger partial charge in [-0.3, -0.25) is 15.0 Å². The molecule has 5 aromatic rings. The van der Waals surface area contributed by atoms with Gasteiger partial charge in [0.25, 0.3) is 0 Å². The van der Waals surface area contributed by atoms with Gasteiger partial charge in [-0.1, -0.05) is 13.0 Å². The van der Waals surface area contributed by atoms with Crippen LogP contribution in [0.3, 0.4) is 0 Å². The molecule has 1 amide bonds. The Kier molecular flexibility index (Phi) is 7.02. The molecule has 3 N–H and O–H groups in total. The number of hydrogen-bond acceptors (Lipinski definition) is 9. The fourth-order valence-electron chi connectivity index (χ4n) is 4.75. The summed E-state index contributed by atoms with van der Waals surface area (Å²) in [5.41, 5.74) is 5.13. The lowest BCUT2D eigenvalue weighted by Crippen LogP contribution is -2.44. The normalized spacial score (nSPS) is 15.5. The van der Waals surface area contributed by atoms with Crippen molar-refractivity contribution in [2.45, 2.75) is 25.9 Å². The fourth-order valence-corrected chi connectivity index (χ4v) is 4.75. The van der Waals surface area contributed by atoms with Crippen molar-refractivity contribution in [1.82, 2.24) is 34.7 Å². The van der Waals surface area contributed by atoms with Crippen LogP contribution in [-0.2, 0) is 22.4 Å². The van der Waals surface area contributed by atoms with E-state index in [9.17, 15) is 4.79 Å². The van der Waals surface area contributed by atoms with Crippen molar-refractivity contribution in [1.29, 1.82) is 0 Å². The van der Waals surface area contributed by atoms with Crippen LogP contribution >= 0.6 is 0 Å². The molecule has 0 aliphatic carbocycles. The molecule has 1 fully saturated rings. The first-order valence-electron chi connectivity index (χ1n) is 12.9. The van der Waals surface area contributed by atoms with Crippen LogP contribution in [0, 0.1) is 0 Å². The lowest BCUT2D eigenvalue weighted by molar-refractivity contribution is 0.0494. The van der Waals surface area contributed by atoms with Gasteiger partial charge in [0.1, 0.15) is 18.5 Å². The molecule has 0 spiro atoms. The number of benzene rings is 1. The minimum absolute atomic E-state index is 0.00984. The molecule has 1 aromatic carbocycles. The van der Waals surface area contributed by atoms with Crippen LogP contribution in [0.4, 0.5) is 22.0 Å². The summed E-state index contributed by atoms with van der Waals surface area (Å²) >= 11 is 0. The highest BCUT2D eigenvalue weighted by molar-refractivity contribution is 5.91. The average molecular weight is 528 g/mol. The number of nitrogens with zero attached hydrogens (tertiary/aromatic N) is 6. The molecular formula is C27H29N9O3.